The van der Waals surface area contributed by atoms with E-state index < -0.39 is 44.5 Å². The van der Waals surface area contributed by atoms with E-state index in [0.717, 1.165) is 31.4 Å². The average Bonchev–Trinajstić information content (AvgIpc) is 2.54. The maximum Gasteiger partial charge on any atom is 0.573 e. The second-order valence-corrected chi connectivity index (χ2v) is 6.44. The van der Waals surface area contributed by atoms with E-state index in [-0.39, 0.29) is 5.56 Å². The van der Waals surface area contributed by atoms with Gasteiger partial charge in [-0.1, -0.05) is 12.1 Å². The quantitative estimate of drug-likeness (QED) is 0.623. The number of methoxy groups -OCH3 is 1. The van der Waals surface area contributed by atoms with E-state index in [2.05, 4.69) is 9.47 Å². The van der Waals surface area contributed by atoms with Gasteiger partial charge in [0.15, 0.2) is 5.75 Å². The van der Waals surface area contributed by atoms with Crippen molar-refractivity contribution in [3.8, 4) is 5.75 Å². The van der Waals surface area contributed by atoms with Gasteiger partial charge in [0.1, 0.15) is 10.7 Å². The number of rotatable bonds is 5. The van der Waals surface area contributed by atoms with Crippen molar-refractivity contribution < 1.29 is 40.2 Å². The zero-order chi connectivity index (χ0) is 19.5. The van der Waals surface area contributed by atoms with Gasteiger partial charge in [-0.05, 0) is 30.3 Å². The molecule has 26 heavy (non-hydrogen) atoms. The molecule has 0 fully saturated rings. The Labute approximate surface area is 145 Å². The van der Waals surface area contributed by atoms with Crippen molar-refractivity contribution in [1.29, 1.82) is 0 Å². The van der Waals surface area contributed by atoms with Crippen molar-refractivity contribution in [3.05, 3.63) is 53.8 Å². The minimum absolute atomic E-state index is 0.255. The van der Waals surface area contributed by atoms with Gasteiger partial charge in [-0.25, -0.2) is 17.6 Å². The first-order valence-corrected chi connectivity index (χ1v) is 8.27. The highest BCUT2D eigenvalue weighted by Gasteiger charge is 2.33. The summed E-state index contributed by atoms with van der Waals surface area (Å²) >= 11 is 0. The summed E-state index contributed by atoms with van der Waals surface area (Å²) in [6.45, 7) is 0. The summed E-state index contributed by atoms with van der Waals surface area (Å²) in [7, 11) is -3.62. The Balaban J connectivity index is 2.43. The molecule has 0 amide bonds. The molecule has 0 bridgehead atoms. The van der Waals surface area contributed by atoms with E-state index in [1.165, 1.54) is 12.1 Å². The fourth-order valence-corrected chi connectivity index (χ4v) is 3.09. The van der Waals surface area contributed by atoms with Crippen molar-refractivity contribution in [2.45, 2.75) is 11.3 Å². The number of carbonyl (C=O) groups excluding carboxylic acids is 1. The van der Waals surface area contributed by atoms with Crippen LogP contribution in [0.4, 0.5) is 23.2 Å². The predicted molar refractivity (Wildman–Crippen MR) is 81.7 cm³/mol. The first-order valence-electron chi connectivity index (χ1n) is 6.79. The van der Waals surface area contributed by atoms with Gasteiger partial charge < -0.3 is 9.47 Å². The highest BCUT2D eigenvalue weighted by molar-refractivity contribution is 7.92. The zero-order valence-corrected chi connectivity index (χ0v) is 13.8. The molecule has 2 rings (SSSR count). The van der Waals surface area contributed by atoms with Crippen molar-refractivity contribution in [2.24, 2.45) is 0 Å². The number of hydrogen-bond donors (Lipinski definition) is 1. The van der Waals surface area contributed by atoms with Crippen molar-refractivity contribution >= 4 is 21.7 Å². The van der Waals surface area contributed by atoms with Crippen LogP contribution in [0.15, 0.2) is 47.4 Å². The van der Waals surface area contributed by atoms with Crippen LogP contribution in [0.25, 0.3) is 0 Å². The molecule has 0 atom stereocenters. The maximum absolute atomic E-state index is 13.9. The third-order valence-electron chi connectivity index (χ3n) is 3.00. The second-order valence-electron chi connectivity index (χ2n) is 4.79. The SMILES string of the molecule is COC(=O)c1ccc(F)c(S(=O)(=O)Nc2ccccc2OC(F)(F)F)c1. The Hall–Kier alpha value is -2.82. The molecule has 0 aliphatic heterocycles. The van der Waals surface area contributed by atoms with Crippen LogP contribution in [0.1, 0.15) is 10.4 Å². The van der Waals surface area contributed by atoms with Crippen LogP contribution >= 0.6 is 0 Å². The molecule has 0 unspecified atom stereocenters. The molecule has 0 saturated heterocycles. The van der Waals surface area contributed by atoms with Crippen LogP contribution < -0.4 is 9.46 Å². The number of ether oxygens (including phenoxy) is 2. The Morgan fingerprint density at radius 2 is 1.77 bits per heavy atom. The van der Waals surface area contributed by atoms with Gasteiger partial charge in [0.2, 0.25) is 0 Å². The number of carbonyl (C=O) groups is 1. The number of benzene rings is 2. The minimum atomic E-state index is -5.06. The second kappa shape index (κ2) is 7.20. The Kier molecular flexibility index (Phi) is 5.40. The molecule has 0 aliphatic rings. The summed E-state index contributed by atoms with van der Waals surface area (Å²) in [6.07, 6.45) is -5.06. The molecule has 2 aromatic rings. The molecule has 0 spiro atoms. The van der Waals surface area contributed by atoms with Crippen LogP contribution in [0.3, 0.4) is 0 Å². The number of sulfonamides is 1. The van der Waals surface area contributed by atoms with Gasteiger partial charge in [-0.3, -0.25) is 4.72 Å². The number of anilines is 1. The first-order chi connectivity index (χ1) is 12.0. The van der Waals surface area contributed by atoms with Gasteiger partial charge >= 0.3 is 12.3 Å². The predicted octanol–water partition coefficient (Wildman–Crippen LogP) is 3.31. The summed E-state index contributed by atoms with van der Waals surface area (Å²) in [4.78, 5) is 10.5. The van der Waals surface area contributed by atoms with Crippen LogP contribution in [0.2, 0.25) is 0 Å². The molecule has 11 heteroatoms. The summed E-state index contributed by atoms with van der Waals surface area (Å²) in [6, 6.07) is 6.75. The highest BCUT2D eigenvalue weighted by atomic mass is 32.2. The molecular weight excluding hydrogens is 382 g/mol. The lowest BCUT2D eigenvalue weighted by Gasteiger charge is -2.15. The zero-order valence-electron chi connectivity index (χ0n) is 13.0. The van der Waals surface area contributed by atoms with Crippen molar-refractivity contribution in [1.82, 2.24) is 0 Å². The molecular formula is C15H11F4NO5S. The van der Waals surface area contributed by atoms with E-state index >= 15 is 0 Å². The summed E-state index contributed by atoms with van der Waals surface area (Å²) in [5.41, 5.74) is -0.818. The summed E-state index contributed by atoms with van der Waals surface area (Å²) in [5, 5.41) is 0. The van der Waals surface area contributed by atoms with E-state index in [1.54, 1.807) is 4.72 Å². The van der Waals surface area contributed by atoms with Gasteiger partial charge in [-0.15, -0.1) is 13.2 Å². The fraction of sp³-hybridized carbons (Fsp3) is 0.133. The Bertz CT molecular complexity index is 928. The van der Waals surface area contributed by atoms with Crippen molar-refractivity contribution in [2.75, 3.05) is 11.8 Å². The van der Waals surface area contributed by atoms with Crippen LogP contribution in [0.5, 0.6) is 5.75 Å². The summed E-state index contributed by atoms with van der Waals surface area (Å²) in [5.74, 6) is -2.95. The van der Waals surface area contributed by atoms with Crippen LogP contribution in [-0.4, -0.2) is 27.9 Å². The number of alkyl halides is 3. The van der Waals surface area contributed by atoms with E-state index in [0.29, 0.717) is 6.07 Å². The van der Waals surface area contributed by atoms with Gasteiger partial charge in [0, 0.05) is 0 Å². The third-order valence-corrected chi connectivity index (χ3v) is 4.38. The van der Waals surface area contributed by atoms with Gasteiger partial charge in [-0.2, -0.15) is 0 Å². The molecule has 140 valence electrons. The van der Waals surface area contributed by atoms with E-state index in [4.69, 9.17) is 0 Å². The van der Waals surface area contributed by atoms with Gasteiger partial charge in [0.05, 0.1) is 18.4 Å². The van der Waals surface area contributed by atoms with Crippen molar-refractivity contribution in [3.63, 3.8) is 0 Å². The Morgan fingerprint density at radius 1 is 1.12 bits per heavy atom. The summed E-state index contributed by atoms with van der Waals surface area (Å²) < 4.78 is 85.8. The number of para-hydroxylation sites is 2. The topological polar surface area (TPSA) is 81.7 Å². The van der Waals surface area contributed by atoms with Gasteiger partial charge in [0.25, 0.3) is 10.0 Å². The highest BCUT2D eigenvalue weighted by Crippen LogP contribution is 2.32. The lowest BCUT2D eigenvalue weighted by Crippen LogP contribution is -2.20. The third kappa shape index (κ3) is 4.63. The normalized spacial score (nSPS) is 11.7. The van der Waals surface area contributed by atoms with Crippen LogP contribution in [0, 0.1) is 5.82 Å². The maximum atomic E-state index is 13.9. The van der Waals surface area contributed by atoms with E-state index in [9.17, 15) is 30.8 Å². The molecule has 0 aliphatic carbocycles. The Morgan fingerprint density at radius 3 is 2.38 bits per heavy atom. The van der Waals surface area contributed by atoms with E-state index in [1.807, 2.05) is 0 Å². The number of nitrogens with one attached hydrogen (secondary N) is 1. The molecule has 0 heterocycles. The molecule has 1 N–H and O–H groups in total. The first kappa shape index (κ1) is 19.5. The molecule has 2 aromatic carbocycles. The fourth-order valence-electron chi connectivity index (χ4n) is 1.92. The standard InChI is InChI=1S/C15H11F4NO5S/c1-24-14(21)9-6-7-10(16)13(8-9)26(22,23)20-11-4-2-3-5-12(11)25-15(17,18)19/h2-8,20H,1H3. The number of esters is 1. The smallest absolute Gasteiger partial charge is 0.465 e. The molecule has 0 saturated carbocycles. The average molecular weight is 393 g/mol. The molecule has 0 aromatic heterocycles. The monoisotopic (exact) mass is 393 g/mol. The number of halogens is 4. The van der Waals surface area contributed by atoms with Crippen LogP contribution in [-0.2, 0) is 14.8 Å². The largest absolute Gasteiger partial charge is 0.573 e. The molecule has 6 nitrogen and oxygen atoms in total. The minimum Gasteiger partial charge on any atom is -0.465 e. The molecule has 0 radical (unpaired) electrons. The number of hydrogen-bond acceptors (Lipinski definition) is 5. The lowest BCUT2D eigenvalue weighted by molar-refractivity contribution is -0.274. The lowest BCUT2D eigenvalue weighted by atomic mass is 10.2.